The molecule has 3 aromatic rings. The van der Waals surface area contributed by atoms with Gasteiger partial charge in [-0.25, -0.2) is 4.98 Å². The van der Waals surface area contributed by atoms with Crippen LogP contribution in [-0.2, 0) is 4.79 Å². The predicted octanol–water partition coefficient (Wildman–Crippen LogP) is 3.62. The summed E-state index contributed by atoms with van der Waals surface area (Å²) in [5.74, 6) is 0.465. The number of amides is 1. The van der Waals surface area contributed by atoms with E-state index in [4.69, 9.17) is 20.8 Å². The molecule has 0 radical (unpaired) electrons. The lowest BCUT2D eigenvalue weighted by molar-refractivity contribution is -0.113. The van der Waals surface area contributed by atoms with Crippen molar-refractivity contribution in [1.29, 1.82) is 0 Å². The number of pyridine rings is 1. The molecule has 2 aromatic heterocycles. The van der Waals surface area contributed by atoms with Crippen LogP contribution in [0.15, 0.2) is 46.2 Å². The first-order valence-electron chi connectivity index (χ1n) is 6.63. The molecule has 0 aliphatic carbocycles. The highest BCUT2D eigenvalue weighted by atomic mass is 35.5. The van der Waals surface area contributed by atoms with Crippen molar-refractivity contribution in [3.05, 3.63) is 41.6 Å². The molecule has 23 heavy (non-hydrogen) atoms. The zero-order valence-electron chi connectivity index (χ0n) is 12.1. The first-order valence-corrected chi connectivity index (χ1v) is 8.00. The molecule has 0 unspecified atom stereocenters. The lowest BCUT2D eigenvalue weighted by Gasteiger charge is -2.09. The normalized spacial score (nSPS) is 10.7. The topological polar surface area (TPSA) is 77.2 Å². The number of nitrogens with one attached hydrogen (secondary N) is 1. The second-order valence-electron chi connectivity index (χ2n) is 4.49. The Bertz CT molecular complexity index is 820. The van der Waals surface area contributed by atoms with Gasteiger partial charge in [-0.15, -0.1) is 0 Å². The lowest BCUT2D eigenvalue weighted by Crippen LogP contribution is -2.14. The number of nitrogens with zero attached hydrogens (tertiary/aromatic N) is 2. The number of benzene rings is 1. The standard InChI is InChI=1S/C15H12ClN3O3S/c1-21-11-5-4-9(16)7-10(11)18-13(20)8-23-15-19-14-12(22-15)3-2-6-17-14/h2-7H,8H2,1H3,(H,18,20). The van der Waals surface area contributed by atoms with E-state index in [1.165, 1.54) is 18.9 Å². The van der Waals surface area contributed by atoms with Crippen molar-refractivity contribution in [2.75, 3.05) is 18.2 Å². The third-order valence-electron chi connectivity index (χ3n) is 2.91. The quantitative estimate of drug-likeness (QED) is 0.709. The number of anilines is 1. The van der Waals surface area contributed by atoms with Crippen molar-refractivity contribution in [1.82, 2.24) is 9.97 Å². The fraction of sp³-hybridized carbons (Fsp3) is 0.133. The number of ether oxygens (including phenoxy) is 1. The van der Waals surface area contributed by atoms with Gasteiger partial charge in [-0.2, -0.15) is 4.98 Å². The van der Waals surface area contributed by atoms with Gasteiger partial charge in [-0.3, -0.25) is 4.79 Å². The number of rotatable bonds is 5. The third-order valence-corrected chi connectivity index (χ3v) is 3.97. The number of carbonyl (C=O) groups excluding carboxylic acids is 1. The number of fused-ring (bicyclic) bond motifs is 1. The molecule has 0 bridgehead atoms. The summed E-state index contributed by atoms with van der Waals surface area (Å²) >= 11 is 7.12. The van der Waals surface area contributed by atoms with E-state index in [0.29, 0.717) is 32.9 Å². The van der Waals surface area contributed by atoms with Gasteiger partial charge in [0.05, 0.1) is 18.6 Å². The number of oxazole rings is 1. The zero-order chi connectivity index (χ0) is 16.2. The molecule has 0 aliphatic rings. The molecule has 2 heterocycles. The third kappa shape index (κ3) is 3.75. The van der Waals surface area contributed by atoms with Crippen LogP contribution in [-0.4, -0.2) is 28.7 Å². The summed E-state index contributed by atoms with van der Waals surface area (Å²) in [5.41, 5.74) is 1.63. The number of thioether (sulfide) groups is 1. The average Bonchev–Trinajstić information content (AvgIpc) is 2.96. The molecule has 0 fully saturated rings. The molecule has 0 spiro atoms. The number of carbonyl (C=O) groups is 1. The highest BCUT2D eigenvalue weighted by Crippen LogP contribution is 2.28. The Morgan fingerprint density at radius 3 is 3.09 bits per heavy atom. The van der Waals surface area contributed by atoms with Gasteiger partial charge >= 0.3 is 0 Å². The SMILES string of the molecule is COc1ccc(Cl)cc1NC(=O)CSc1nc2ncccc2o1. The summed E-state index contributed by atoms with van der Waals surface area (Å²) in [5, 5.41) is 3.66. The molecule has 0 saturated heterocycles. The van der Waals surface area contributed by atoms with Gasteiger partial charge < -0.3 is 14.5 Å². The van der Waals surface area contributed by atoms with E-state index in [-0.39, 0.29) is 11.7 Å². The minimum Gasteiger partial charge on any atom is -0.495 e. The Kier molecular flexibility index (Phi) is 4.68. The van der Waals surface area contributed by atoms with Crippen molar-refractivity contribution >= 4 is 46.2 Å². The van der Waals surface area contributed by atoms with Crippen LogP contribution in [0.25, 0.3) is 11.2 Å². The summed E-state index contributed by atoms with van der Waals surface area (Å²) in [4.78, 5) is 20.3. The average molecular weight is 350 g/mol. The van der Waals surface area contributed by atoms with Crippen molar-refractivity contribution in [3.8, 4) is 5.75 Å². The van der Waals surface area contributed by atoms with E-state index in [2.05, 4.69) is 15.3 Å². The summed E-state index contributed by atoms with van der Waals surface area (Å²) in [6.07, 6.45) is 1.64. The van der Waals surface area contributed by atoms with Crippen LogP contribution in [0.4, 0.5) is 5.69 Å². The van der Waals surface area contributed by atoms with Gasteiger partial charge in [-0.05, 0) is 30.3 Å². The molecular weight excluding hydrogens is 338 g/mol. The maximum Gasteiger partial charge on any atom is 0.258 e. The lowest BCUT2D eigenvalue weighted by atomic mass is 10.3. The van der Waals surface area contributed by atoms with E-state index >= 15 is 0 Å². The highest BCUT2D eigenvalue weighted by Gasteiger charge is 2.12. The van der Waals surface area contributed by atoms with Gasteiger partial charge in [0.15, 0.2) is 11.2 Å². The van der Waals surface area contributed by atoms with Crippen molar-refractivity contribution < 1.29 is 13.9 Å². The van der Waals surface area contributed by atoms with Crippen LogP contribution in [0.2, 0.25) is 5.02 Å². The Labute approximate surface area is 141 Å². The smallest absolute Gasteiger partial charge is 0.258 e. The molecule has 6 nitrogen and oxygen atoms in total. The Morgan fingerprint density at radius 1 is 1.43 bits per heavy atom. The molecule has 118 valence electrons. The van der Waals surface area contributed by atoms with Crippen molar-refractivity contribution in [2.45, 2.75) is 5.22 Å². The maximum atomic E-state index is 12.1. The zero-order valence-corrected chi connectivity index (χ0v) is 13.6. The highest BCUT2D eigenvalue weighted by molar-refractivity contribution is 7.99. The summed E-state index contributed by atoms with van der Waals surface area (Å²) in [6.45, 7) is 0. The molecule has 0 atom stereocenters. The monoisotopic (exact) mass is 349 g/mol. The van der Waals surface area contributed by atoms with Gasteiger partial charge in [0.25, 0.3) is 5.22 Å². The van der Waals surface area contributed by atoms with E-state index < -0.39 is 0 Å². The van der Waals surface area contributed by atoms with E-state index in [1.807, 2.05) is 0 Å². The summed E-state index contributed by atoms with van der Waals surface area (Å²) in [6, 6.07) is 8.55. The fourth-order valence-corrected chi connectivity index (χ4v) is 2.70. The molecule has 0 aliphatic heterocycles. The second kappa shape index (κ2) is 6.89. The molecule has 8 heteroatoms. The number of halogens is 1. The van der Waals surface area contributed by atoms with Crippen LogP contribution in [0.3, 0.4) is 0 Å². The van der Waals surface area contributed by atoms with Gasteiger partial charge in [0, 0.05) is 11.2 Å². The first kappa shape index (κ1) is 15.6. The fourth-order valence-electron chi connectivity index (χ4n) is 1.90. The minimum absolute atomic E-state index is 0.141. The number of hydrogen-bond donors (Lipinski definition) is 1. The number of methoxy groups -OCH3 is 1. The Hall–Kier alpha value is -2.25. The van der Waals surface area contributed by atoms with Gasteiger partial charge in [-0.1, -0.05) is 23.4 Å². The van der Waals surface area contributed by atoms with Crippen LogP contribution in [0.1, 0.15) is 0 Å². The molecule has 1 N–H and O–H groups in total. The van der Waals surface area contributed by atoms with Gasteiger partial charge in [0.2, 0.25) is 5.91 Å². The summed E-state index contributed by atoms with van der Waals surface area (Å²) < 4.78 is 10.7. The Morgan fingerprint density at radius 2 is 2.30 bits per heavy atom. The second-order valence-corrected chi connectivity index (χ2v) is 5.85. The van der Waals surface area contributed by atoms with Gasteiger partial charge in [0.1, 0.15) is 5.75 Å². The molecule has 1 amide bonds. The van der Waals surface area contributed by atoms with Crippen LogP contribution >= 0.6 is 23.4 Å². The van der Waals surface area contributed by atoms with Crippen LogP contribution < -0.4 is 10.1 Å². The largest absolute Gasteiger partial charge is 0.495 e. The van der Waals surface area contributed by atoms with E-state index in [9.17, 15) is 4.79 Å². The molecule has 3 rings (SSSR count). The minimum atomic E-state index is -0.217. The van der Waals surface area contributed by atoms with Crippen LogP contribution in [0.5, 0.6) is 5.75 Å². The molecular formula is C15H12ClN3O3S. The van der Waals surface area contributed by atoms with Crippen molar-refractivity contribution in [2.24, 2.45) is 0 Å². The maximum absolute atomic E-state index is 12.1. The van der Waals surface area contributed by atoms with Crippen LogP contribution in [0, 0.1) is 0 Å². The first-order chi connectivity index (χ1) is 11.2. The van der Waals surface area contributed by atoms with E-state index in [1.54, 1.807) is 36.5 Å². The number of aromatic nitrogens is 2. The predicted molar refractivity (Wildman–Crippen MR) is 89.2 cm³/mol. The molecule has 1 aromatic carbocycles. The molecule has 0 saturated carbocycles. The number of hydrogen-bond acceptors (Lipinski definition) is 6. The van der Waals surface area contributed by atoms with Crippen molar-refractivity contribution in [3.63, 3.8) is 0 Å². The Balaban J connectivity index is 1.64. The summed E-state index contributed by atoms with van der Waals surface area (Å²) in [7, 11) is 1.53. The van der Waals surface area contributed by atoms with E-state index in [0.717, 1.165) is 0 Å².